The molecular formula is C14H6F10NO2P. The summed E-state index contributed by atoms with van der Waals surface area (Å²) in [6, 6.07) is 0. The molecule has 0 aromatic heterocycles. The van der Waals surface area contributed by atoms with Crippen molar-refractivity contribution in [1.29, 1.82) is 0 Å². The highest BCUT2D eigenvalue weighted by molar-refractivity contribution is 7.56. The molecule has 2 aromatic rings. The minimum Gasteiger partial charge on any atom is -0.424 e. The molecule has 28 heavy (non-hydrogen) atoms. The number of hydrogen-bond acceptors (Lipinski definition) is 3. The van der Waals surface area contributed by atoms with Crippen LogP contribution in [0.5, 0.6) is 11.5 Å². The van der Waals surface area contributed by atoms with Gasteiger partial charge in [0.2, 0.25) is 69.7 Å². The van der Waals surface area contributed by atoms with E-state index in [4.69, 9.17) is 0 Å². The van der Waals surface area contributed by atoms with Crippen molar-refractivity contribution in [2.75, 3.05) is 13.7 Å². The van der Waals surface area contributed by atoms with Gasteiger partial charge in [-0.1, -0.05) is 0 Å². The minimum absolute atomic E-state index is 0.656. The van der Waals surface area contributed by atoms with E-state index >= 15 is 0 Å². The van der Waals surface area contributed by atoms with Gasteiger partial charge in [0.25, 0.3) is 0 Å². The van der Waals surface area contributed by atoms with Crippen molar-refractivity contribution < 1.29 is 53.0 Å². The Balaban J connectivity index is 2.59. The van der Waals surface area contributed by atoms with Crippen molar-refractivity contribution in [3.05, 3.63) is 58.2 Å². The highest BCUT2D eigenvalue weighted by atomic mass is 31.2. The van der Waals surface area contributed by atoms with Crippen LogP contribution in [-0.2, 0) is 0 Å². The first kappa shape index (κ1) is 21.9. The van der Waals surface area contributed by atoms with Crippen molar-refractivity contribution >= 4 is 7.51 Å². The maximum Gasteiger partial charge on any atom is 0.311 e. The second kappa shape index (κ2) is 7.53. The summed E-state index contributed by atoms with van der Waals surface area (Å²) in [4.78, 5) is 0. The molecule has 0 saturated carbocycles. The molecule has 0 fully saturated rings. The van der Waals surface area contributed by atoms with Gasteiger partial charge in [0.15, 0.2) is 0 Å². The van der Waals surface area contributed by atoms with Gasteiger partial charge in [-0.15, -0.1) is 0 Å². The number of rotatable bonds is 4. The van der Waals surface area contributed by atoms with Crippen LogP contribution in [0.15, 0.2) is 4.74 Å². The predicted molar refractivity (Wildman–Crippen MR) is 74.9 cm³/mol. The van der Waals surface area contributed by atoms with Crippen LogP contribution in [0, 0.1) is 58.2 Å². The lowest BCUT2D eigenvalue weighted by Crippen LogP contribution is -2.11. The van der Waals surface area contributed by atoms with Gasteiger partial charge in [0.05, 0.1) is 0 Å². The smallest absolute Gasteiger partial charge is 0.311 e. The SMILES string of the molecule is CN=P(C)(Oc1c(F)c(F)c(F)c(F)c1F)Oc1c(F)c(F)c(F)c(F)c1F. The molecule has 154 valence electrons. The summed E-state index contributed by atoms with van der Waals surface area (Å²) in [7, 11) is -3.57. The maximum atomic E-state index is 13.7. The predicted octanol–water partition coefficient (Wildman–Crippen LogP) is 5.83. The van der Waals surface area contributed by atoms with Crippen molar-refractivity contribution in [2.24, 2.45) is 4.74 Å². The van der Waals surface area contributed by atoms with Crippen LogP contribution in [0.4, 0.5) is 43.9 Å². The molecular weight excluding hydrogens is 435 g/mol. The molecule has 2 rings (SSSR count). The van der Waals surface area contributed by atoms with Gasteiger partial charge in [-0.2, -0.15) is 17.6 Å². The molecule has 0 saturated heterocycles. The van der Waals surface area contributed by atoms with E-state index in [0.29, 0.717) is 6.66 Å². The van der Waals surface area contributed by atoms with Crippen LogP contribution in [0.3, 0.4) is 0 Å². The molecule has 0 aliphatic heterocycles. The maximum absolute atomic E-state index is 13.7. The lowest BCUT2D eigenvalue weighted by molar-refractivity contribution is 0.330. The first-order valence-electron chi connectivity index (χ1n) is 6.76. The number of nitrogens with zero attached hydrogens (tertiary/aromatic N) is 1. The van der Waals surface area contributed by atoms with E-state index in [0.717, 1.165) is 7.05 Å². The Bertz CT molecular complexity index is 893. The molecule has 3 nitrogen and oxygen atoms in total. The van der Waals surface area contributed by atoms with Gasteiger partial charge in [-0.25, -0.2) is 31.1 Å². The van der Waals surface area contributed by atoms with Crippen LogP contribution in [0.25, 0.3) is 0 Å². The highest BCUT2D eigenvalue weighted by Gasteiger charge is 2.34. The second-order valence-corrected chi connectivity index (χ2v) is 7.35. The molecule has 0 heterocycles. The van der Waals surface area contributed by atoms with Gasteiger partial charge in [-0.3, -0.25) is 0 Å². The lowest BCUT2D eigenvalue weighted by Gasteiger charge is -2.22. The summed E-state index contributed by atoms with van der Waals surface area (Å²) in [5.41, 5.74) is 0. The molecule has 0 N–H and O–H groups in total. The Morgan fingerprint density at radius 2 is 0.714 bits per heavy atom. The molecule has 0 aliphatic rings. The van der Waals surface area contributed by atoms with E-state index in [9.17, 15) is 43.9 Å². The zero-order chi connectivity index (χ0) is 21.5. The zero-order valence-corrected chi connectivity index (χ0v) is 14.4. The molecule has 14 heteroatoms. The summed E-state index contributed by atoms with van der Waals surface area (Å²) in [5.74, 6) is -28.4. The lowest BCUT2D eigenvalue weighted by atomic mass is 10.3. The summed E-state index contributed by atoms with van der Waals surface area (Å²) in [6.45, 7) is 0.656. The molecule has 0 unspecified atom stereocenters. The topological polar surface area (TPSA) is 30.8 Å². The monoisotopic (exact) mass is 441 g/mol. The molecule has 0 atom stereocenters. The molecule has 2 aromatic carbocycles. The van der Waals surface area contributed by atoms with Crippen LogP contribution in [0.2, 0.25) is 0 Å². The largest absolute Gasteiger partial charge is 0.424 e. The average Bonchev–Trinajstić information content (AvgIpc) is 2.68. The van der Waals surface area contributed by atoms with Gasteiger partial charge in [0, 0.05) is 13.7 Å². The quantitative estimate of drug-likeness (QED) is 0.259. The van der Waals surface area contributed by atoms with E-state index < -0.39 is 77.2 Å². The molecule has 0 bridgehead atoms. The standard InChI is InChI=1S/C14H6F10NO2P/c1-25-28(2,26-13-9(21)5(17)3(15)6(18)10(13)22)27-14-11(23)7(19)4(16)8(20)12(14)24/h1-2H3. The van der Waals surface area contributed by atoms with E-state index in [2.05, 4.69) is 13.8 Å². The van der Waals surface area contributed by atoms with E-state index in [1.165, 1.54) is 0 Å². The number of benzene rings is 2. The number of halogens is 10. The van der Waals surface area contributed by atoms with Crippen LogP contribution >= 0.6 is 7.51 Å². The van der Waals surface area contributed by atoms with E-state index in [-0.39, 0.29) is 0 Å². The Kier molecular flexibility index (Phi) is 5.88. The van der Waals surface area contributed by atoms with Crippen LogP contribution in [0.1, 0.15) is 0 Å². The van der Waals surface area contributed by atoms with Gasteiger partial charge in [0.1, 0.15) is 0 Å². The fourth-order valence-electron chi connectivity index (χ4n) is 1.77. The first-order valence-corrected chi connectivity index (χ1v) is 8.78. The summed E-state index contributed by atoms with van der Waals surface area (Å²) in [6.07, 6.45) is 0. The fraction of sp³-hybridized carbons (Fsp3) is 0.143. The third kappa shape index (κ3) is 3.50. The fourth-order valence-corrected chi connectivity index (χ4v) is 2.97. The van der Waals surface area contributed by atoms with E-state index in [1.807, 2.05) is 0 Å². The number of hydrogen-bond donors (Lipinski definition) is 0. The van der Waals surface area contributed by atoms with Crippen LogP contribution in [-0.4, -0.2) is 13.7 Å². The van der Waals surface area contributed by atoms with Gasteiger partial charge in [-0.05, 0) is 0 Å². The van der Waals surface area contributed by atoms with E-state index in [1.54, 1.807) is 0 Å². The molecule has 0 spiro atoms. The normalized spacial score (nSPS) is 11.6. The third-order valence-electron chi connectivity index (χ3n) is 3.22. The van der Waals surface area contributed by atoms with Crippen molar-refractivity contribution in [1.82, 2.24) is 0 Å². The van der Waals surface area contributed by atoms with Gasteiger partial charge >= 0.3 is 7.51 Å². The highest BCUT2D eigenvalue weighted by Crippen LogP contribution is 2.51. The van der Waals surface area contributed by atoms with Gasteiger partial charge < -0.3 is 9.05 Å². The Morgan fingerprint density at radius 3 is 0.929 bits per heavy atom. The molecule has 0 amide bonds. The summed E-state index contributed by atoms with van der Waals surface area (Å²) in [5, 5.41) is 0. The zero-order valence-electron chi connectivity index (χ0n) is 13.5. The Hall–Kier alpha value is -2.43. The second-order valence-electron chi connectivity index (χ2n) is 4.98. The van der Waals surface area contributed by atoms with Crippen molar-refractivity contribution in [2.45, 2.75) is 0 Å². The summed E-state index contributed by atoms with van der Waals surface area (Å²) < 4.78 is 146. The Morgan fingerprint density at radius 1 is 0.500 bits per heavy atom. The van der Waals surface area contributed by atoms with Crippen molar-refractivity contribution in [3.8, 4) is 11.5 Å². The summed E-state index contributed by atoms with van der Waals surface area (Å²) >= 11 is 0. The van der Waals surface area contributed by atoms with Crippen LogP contribution < -0.4 is 9.05 Å². The third-order valence-corrected chi connectivity index (χ3v) is 4.99. The Labute approximate surface area is 149 Å². The average molecular weight is 441 g/mol. The molecule has 0 radical (unpaired) electrons. The van der Waals surface area contributed by atoms with Crippen molar-refractivity contribution in [3.63, 3.8) is 0 Å². The molecule has 0 aliphatic carbocycles. The minimum atomic E-state index is -4.36. The first-order chi connectivity index (χ1) is 12.9.